The Kier molecular flexibility index (Phi) is 5.20. The number of likely N-dealkylation sites (N-methyl/N-ethyl adjacent to an activating group) is 1. The summed E-state index contributed by atoms with van der Waals surface area (Å²) in [5, 5.41) is 9.04. The van der Waals surface area contributed by atoms with Gasteiger partial charge in [0.05, 0.1) is 5.75 Å². The molecular formula is C15H17ClN4O2S. The molecule has 0 N–H and O–H groups in total. The summed E-state index contributed by atoms with van der Waals surface area (Å²) >= 11 is 7.13. The Labute approximate surface area is 143 Å². The first-order chi connectivity index (χ1) is 11.1. The molecule has 23 heavy (non-hydrogen) atoms. The van der Waals surface area contributed by atoms with E-state index >= 15 is 0 Å². The van der Waals surface area contributed by atoms with Gasteiger partial charge < -0.3 is 14.2 Å². The number of piperazine rings is 1. The van der Waals surface area contributed by atoms with Crippen molar-refractivity contribution in [2.24, 2.45) is 0 Å². The lowest BCUT2D eigenvalue weighted by molar-refractivity contribution is -0.129. The first-order valence-electron chi connectivity index (χ1n) is 7.30. The predicted octanol–water partition coefficient (Wildman–Crippen LogP) is 2.26. The maximum absolute atomic E-state index is 12.2. The highest BCUT2D eigenvalue weighted by molar-refractivity contribution is 7.99. The molecule has 1 saturated heterocycles. The number of hydrogen-bond acceptors (Lipinski definition) is 6. The summed E-state index contributed by atoms with van der Waals surface area (Å²) in [7, 11) is 2.06. The number of hydrogen-bond donors (Lipinski definition) is 0. The lowest BCUT2D eigenvalue weighted by Gasteiger charge is -2.32. The minimum atomic E-state index is 0.106. The largest absolute Gasteiger partial charge is 0.411 e. The molecule has 1 aliphatic rings. The van der Waals surface area contributed by atoms with Crippen LogP contribution in [0, 0.1) is 0 Å². The monoisotopic (exact) mass is 352 g/mol. The fraction of sp³-hybridized carbons (Fsp3) is 0.400. The molecular weight excluding hydrogens is 336 g/mol. The van der Waals surface area contributed by atoms with E-state index in [1.54, 1.807) is 12.1 Å². The van der Waals surface area contributed by atoms with E-state index in [-0.39, 0.29) is 5.91 Å². The Bertz CT molecular complexity index is 668. The van der Waals surface area contributed by atoms with Crippen LogP contribution in [0.15, 0.2) is 33.9 Å². The lowest BCUT2D eigenvalue weighted by atomic mass is 10.2. The average Bonchev–Trinajstić information content (AvgIpc) is 3.03. The first-order valence-corrected chi connectivity index (χ1v) is 8.67. The van der Waals surface area contributed by atoms with Gasteiger partial charge in [-0.05, 0) is 31.3 Å². The number of halogens is 1. The normalized spacial score (nSPS) is 15.8. The molecule has 1 amide bonds. The van der Waals surface area contributed by atoms with Crippen molar-refractivity contribution >= 4 is 29.3 Å². The zero-order chi connectivity index (χ0) is 16.2. The molecule has 0 aliphatic carbocycles. The molecule has 122 valence electrons. The molecule has 2 aromatic rings. The van der Waals surface area contributed by atoms with E-state index in [9.17, 15) is 4.79 Å². The Hall–Kier alpha value is -1.57. The molecule has 0 atom stereocenters. The Morgan fingerprint density at radius 1 is 1.22 bits per heavy atom. The molecule has 2 heterocycles. The van der Waals surface area contributed by atoms with Gasteiger partial charge in [-0.1, -0.05) is 23.4 Å². The second kappa shape index (κ2) is 7.33. The van der Waals surface area contributed by atoms with Crippen LogP contribution in [0.5, 0.6) is 0 Å². The molecule has 0 unspecified atom stereocenters. The molecule has 0 bridgehead atoms. The minimum absolute atomic E-state index is 0.106. The van der Waals surface area contributed by atoms with E-state index < -0.39 is 0 Å². The molecule has 0 spiro atoms. The number of rotatable bonds is 4. The summed E-state index contributed by atoms with van der Waals surface area (Å²) < 4.78 is 5.58. The van der Waals surface area contributed by atoms with Gasteiger partial charge in [-0.3, -0.25) is 4.79 Å². The fourth-order valence-corrected chi connectivity index (χ4v) is 3.04. The Morgan fingerprint density at radius 3 is 2.61 bits per heavy atom. The van der Waals surface area contributed by atoms with E-state index in [0.29, 0.717) is 21.9 Å². The van der Waals surface area contributed by atoms with Crippen LogP contribution in [-0.2, 0) is 4.79 Å². The van der Waals surface area contributed by atoms with Gasteiger partial charge in [0.2, 0.25) is 11.8 Å². The number of aromatic nitrogens is 2. The summed E-state index contributed by atoms with van der Waals surface area (Å²) in [5.74, 6) is 0.844. The van der Waals surface area contributed by atoms with Gasteiger partial charge in [0, 0.05) is 36.8 Å². The highest BCUT2D eigenvalue weighted by atomic mass is 35.5. The van der Waals surface area contributed by atoms with Crippen LogP contribution in [0.4, 0.5) is 0 Å². The van der Waals surface area contributed by atoms with Gasteiger partial charge in [0.1, 0.15) is 0 Å². The second-order valence-electron chi connectivity index (χ2n) is 5.35. The number of amides is 1. The maximum atomic E-state index is 12.2. The van der Waals surface area contributed by atoms with Crippen molar-refractivity contribution in [1.82, 2.24) is 20.0 Å². The summed E-state index contributed by atoms with van der Waals surface area (Å²) in [6.45, 7) is 3.38. The SMILES string of the molecule is CN1CCN(C(=O)CSc2nnc(-c3ccc(Cl)cc3)o2)CC1. The minimum Gasteiger partial charge on any atom is -0.411 e. The van der Waals surface area contributed by atoms with Crippen LogP contribution >= 0.6 is 23.4 Å². The van der Waals surface area contributed by atoms with E-state index in [1.807, 2.05) is 17.0 Å². The number of carbonyl (C=O) groups excluding carboxylic acids is 1. The summed E-state index contributed by atoms with van der Waals surface area (Å²) in [5.41, 5.74) is 0.805. The fourth-order valence-electron chi connectivity index (χ4n) is 2.25. The molecule has 1 aromatic heterocycles. The summed E-state index contributed by atoms with van der Waals surface area (Å²) in [6.07, 6.45) is 0. The van der Waals surface area contributed by atoms with Crippen LogP contribution in [0.2, 0.25) is 5.02 Å². The third-order valence-electron chi connectivity index (χ3n) is 3.67. The van der Waals surface area contributed by atoms with E-state index in [0.717, 1.165) is 31.7 Å². The quantitative estimate of drug-likeness (QED) is 0.786. The molecule has 0 saturated carbocycles. The second-order valence-corrected chi connectivity index (χ2v) is 6.72. The molecule has 1 aliphatic heterocycles. The van der Waals surface area contributed by atoms with Crippen molar-refractivity contribution in [1.29, 1.82) is 0 Å². The van der Waals surface area contributed by atoms with Crippen LogP contribution in [0.3, 0.4) is 0 Å². The number of thioether (sulfide) groups is 1. The lowest BCUT2D eigenvalue weighted by Crippen LogP contribution is -2.47. The number of carbonyl (C=O) groups is 1. The van der Waals surface area contributed by atoms with Gasteiger partial charge in [0.25, 0.3) is 5.22 Å². The zero-order valence-corrected chi connectivity index (χ0v) is 14.3. The van der Waals surface area contributed by atoms with Crippen molar-refractivity contribution in [3.8, 4) is 11.5 Å². The Morgan fingerprint density at radius 2 is 1.91 bits per heavy atom. The van der Waals surface area contributed by atoms with Gasteiger partial charge >= 0.3 is 0 Å². The molecule has 0 radical (unpaired) electrons. The molecule has 8 heteroatoms. The highest BCUT2D eigenvalue weighted by Crippen LogP contribution is 2.24. The van der Waals surface area contributed by atoms with Crippen molar-refractivity contribution < 1.29 is 9.21 Å². The third kappa shape index (κ3) is 4.25. The predicted molar refractivity (Wildman–Crippen MR) is 89.5 cm³/mol. The van der Waals surface area contributed by atoms with Crippen LogP contribution < -0.4 is 0 Å². The summed E-state index contributed by atoms with van der Waals surface area (Å²) in [6, 6.07) is 7.18. The van der Waals surface area contributed by atoms with Crippen LogP contribution in [-0.4, -0.2) is 64.9 Å². The van der Waals surface area contributed by atoms with Crippen molar-refractivity contribution in [3.05, 3.63) is 29.3 Å². The van der Waals surface area contributed by atoms with E-state index in [2.05, 4.69) is 22.1 Å². The standard InChI is InChI=1S/C15H17ClN4O2S/c1-19-6-8-20(9-7-19)13(21)10-23-15-18-17-14(22-15)11-2-4-12(16)5-3-11/h2-5H,6-10H2,1H3. The number of benzene rings is 1. The average molecular weight is 353 g/mol. The van der Waals surface area contributed by atoms with Gasteiger partial charge in [-0.25, -0.2) is 0 Å². The number of nitrogens with zero attached hydrogens (tertiary/aromatic N) is 4. The van der Waals surface area contributed by atoms with Gasteiger partial charge in [0.15, 0.2) is 0 Å². The summed E-state index contributed by atoms with van der Waals surface area (Å²) in [4.78, 5) is 16.3. The zero-order valence-electron chi connectivity index (χ0n) is 12.7. The van der Waals surface area contributed by atoms with Crippen LogP contribution in [0.25, 0.3) is 11.5 Å². The molecule has 3 rings (SSSR count). The maximum Gasteiger partial charge on any atom is 0.277 e. The van der Waals surface area contributed by atoms with Gasteiger partial charge in [-0.15, -0.1) is 10.2 Å². The molecule has 1 fully saturated rings. The van der Waals surface area contributed by atoms with Gasteiger partial charge in [-0.2, -0.15) is 0 Å². The topological polar surface area (TPSA) is 62.5 Å². The van der Waals surface area contributed by atoms with Crippen molar-refractivity contribution in [2.75, 3.05) is 39.0 Å². The van der Waals surface area contributed by atoms with E-state index in [1.165, 1.54) is 11.8 Å². The first kappa shape index (κ1) is 16.3. The third-order valence-corrected chi connectivity index (χ3v) is 4.73. The van der Waals surface area contributed by atoms with Crippen molar-refractivity contribution in [2.45, 2.75) is 5.22 Å². The molecule has 1 aromatic carbocycles. The van der Waals surface area contributed by atoms with E-state index in [4.69, 9.17) is 16.0 Å². The smallest absolute Gasteiger partial charge is 0.277 e. The highest BCUT2D eigenvalue weighted by Gasteiger charge is 2.20. The van der Waals surface area contributed by atoms with Crippen LogP contribution in [0.1, 0.15) is 0 Å². The Balaban J connectivity index is 1.55. The molecule has 6 nitrogen and oxygen atoms in total. The van der Waals surface area contributed by atoms with Crippen molar-refractivity contribution in [3.63, 3.8) is 0 Å².